The molecule has 2 N–H and O–H groups in total. The van der Waals surface area contributed by atoms with Crippen LogP contribution in [0.15, 0.2) is 23.2 Å². The van der Waals surface area contributed by atoms with Crippen molar-refractivity contribution in [2.75, 3.05) is 39.6 Å². The van der Waals surface area contributed by atoms with Crippen molar-refractivity contribution in [2.45, 2.75) is 24.0 Å². The van der Waals surface area contributed by atoms with Crippen LogP contribution in [0.2, 0.25) is 0 Å². The first-order valence-electron chi connectivity index (χ1n) is 8.43. The molecule has 10 heteroatoms. The minimum Gasteiger partial charge on any atom is -0.381 e. The van der Waals surface area contributed by atoms with Gasteiger partial charge < -0.3 is 15.4 Å². The summed E-state index contributed by atoms with van der Waals surface area (Å²) in [4.78, 5) is 4.06. The Morgan fingerprint density at radius 3 is 2.52 bits per heavy atom. The van der Waals surface area contributed by atoms with E-state index in [-0.39, 0.29) is 42.5 Å². The Kier molecular flexibility index (Phi) is 9.35. The molecule has 1 fully saturated rings. The van der Waals surface area contributed by atoms with E-state index in [1.54, 1.807) is 7.05 Å². The predicted molar refractivity (Wildman–Crippen MR) is 112 cm³/mol. The lowest BCUT2D eigenvalue weighted by molar-refractivity contribution is 0.0756. The molecule has 0 radical (unpaired) electrons. The quantitative estimate of drug-likeness (QED) is 0.343. The van der Waals surface area contributed by atoms with Crippen molar-refractivity contribution in [3.63, 3.8) is 0 Å². The van der Waals surface area contributed by atoms with E-state index in [9.17, 15) is 17.2 Å². The molecule has 0 aliphatic carbocycles. The van der Waals surface area contributed by atoms with E-state index in [0.717, 1.165) is 18.2 Å². The summed E-state index contributed by atoms with van der Waals surface area (Å²) in [5.74, 6) is -0.538. The maximum atomic E-state index is 13.6. The maximum Gasteiger partial charge on any atom is 0.191 e. The first kappa shape index (κ1) is 24.0. The molecule has 6 nitrogen and oxygen atoms in total. The zero-order valence-corrected chi connectivity index (χ0v) is 18.6. The van der Waals surface area contributed by atoms with E-state index in [2.05, 4.69) is 15.6 Å². The van der Waals surface area contributed by atoms with Crippen LogP contribution in [0.1, 0.15) is 18.4 Å². The molecular weight excluding hydrogens is 491 g/mol. The van der Waals surface area contributed by atoms with Crippen LogP contribution in [-0.2, 0) is 21.0 Å². The van der Waals surface area contributed by atoms with E-state index in [0.29, 0.717) is 38.6 Å². The van der Waals surface area contributed by atoms with Gasteiger partial charge in [-0.15, -0.1) is 24.0 Å². The number of ether oxygens (including phenoxy) is 1. The van der Waals surface area contributed by atoms with Gasteiger partial charge in [0.15, 0.2) is 15.8 Å². The standard InChI is InChI=1S/C17H25F2N3O3S.HI/c1-20-16(21-8-5-13-11-14(18)3-4-15(13)19)22-12-17(26(2,23)24)6-9-25-10-7-17;/h3-4,11H,5-10,12H2,1-2H3,(H2,20,21,22);1H. The molecule has 0 spiro atoms. The first-order valence-corrected chi connectivity index (χ1v) is 10.3. The summed E-state index contributed by atoms with van der Waals surface area (Å²) in [7, 11) is -1.72. The largest absolute Gasteiger partial charge is 0.381 e. The Morgan fingerprint density at radius 2 is 1.93 bits per heavy atom. The third-order valence-electron chi connectivity index (χ3n) is 4.69. The Labute approximate surface area is 176 Å². The average molecular weight is 517 g/mol. The summed E-state index contributed by atoms with van der Waals surface area (Å²) in [6.07, 6.45) is 2.35. The van der Waals surface area contributed by atoms with Crippen molar-refractivity contribution < 1.29 is 21.9 Å². The van der Waals surface area contributed by atoms with Gasteiger partial charge in [-0.3, -0.25) is 4.99 Å². The lowest BCUT2D eigenvalue weighted by Gasteiger charge is -2.35. The second-order valence-corrected chi connectivity index (χ2v) is 8.82. The zero-order valence-electron chi connectivity index (χ0n) is 15.4. The Hall–Kier alpha value is -1.01. The first-order chi connectivity index (χ1) is 12.3. The number of hydrogen-bond donors (Lipinski definition) is 2. The van der Waals surface area contributed by atoms with Gasteiger partial charge in [0.1, 0.15) is 11.6 Å². The Balaban J connectivity index is 0.00000364. The fourth-order valence-corrected chi connectivity index (χ4v) is 4.18. The predicted octanol–water partition coefficient (Wildman–Crippen LogP) is 1.88. The van der Waals surface area contributed by atoms with E-state index < -0.39 is 26.2 Å². The molecule has 0 aromatic heterocycles. The molecule has 154 valence electrons. The lowest BCUT2D eigenvalue weighted by Crippen LogP contribution is -2.53. The van der Waals surface area contributed by atoms with Gasteiger partial charge in [0.25, 0.3) is 0 Å². The van der Waals surface area contributed by atoms with Crippen molar-refractivity contribution in [1.82, 2.24) is 10.6 Å². The van der Waals surface area contributed by atoms with Gasteiger partial charge in [0, 0.05) is 39.6 Å². The fourth-order valence-electron chi connectivity index (χ4n) is 2.94. The molecule has 0 bridgehead atoms. The summed E-state index contributed by atoms with van der Waals surface area (Å²) in [5.41, 5.74) is 0.269. The van der Waals surface area contributed by atoms with Gasteiger partial charge in [0.05, 0.1) is 4.75 Å². The average Bonchev–Trinajstić information content (AvgIpc) is 2.60. The highest BCUT2D eigenvalue weighted by molar-refractivity contribution is 14.0. The van der Waals surface area contributed by atoms with E-state index >= 15 is 0 Å². The van der Waals surface area contributed by atoms with Crippen LogP contribution in [0.3, 0.4) is 0 Å². The number of hydrogen-bond acceptors (Lipinski definition) is 4. The monoisotopic (exact) mass is 517 g/mol. The third kappa shape index (κ3) is 6.53. The van der Waals surface area contributed by atoms with Crippen LogP contribution in [0.25, 0.3) is 0 Å². The van der Waals surface area contributed by atoms with Gasteiger partial charge in [-0.05, 0) is 43.0 Å². The van der Waals surface area contributed by atoms with Crippen molar-refractivity contribution in [3.05, 3.63) is 35.4 Å². The Morgan fingerprint density at radius 1 is 1.26 bits per heavy atom. The van der Waals surface area contributed by atoms with Crippen LogP contribution in [0, 0.1) is 11.6 Å². The number of sulfone groups is 1. The number of halogens is 3. The van der Waals surface area contributed by atoms with Crippen molar-refractivity contribution >= 4 is 39.8 Å². The zero-order chi connectivity index (χ0) is 19.2. The van der Waals surface area contributed by atoms with Crippen LogP contribution < -0.4 is 10.6 Å². The van der Waals surface area contributed by atoms with Gasteiger partial charge in [-0.1, -0.05) is 0 Å². The van der Waals surface area contributed by atoms with E-state index in [4.69, 9.17) is 4.74 Å². The normalized spacial score (nSPS) is 17.1. The Bertz CT molecular complexity index is 754. The summed E-state index contributed by atoms with van der Waals surface area (Å²) in [5, 5.41) is 6.03. The minimum absolute atomic E-state index is 0. The van der Waals surface area contributed by atoms with Gasteiger partial charge in [-0.25, -0.2) is 17.2 Å². The van der Waals surface area contributed by atoms with Crippen LogP contribution in [0.5, 0.6) is 0 Å². The number of rotatable bonds is 6. The third-order valence-corrected chi connectivity index (χ3v) is 6.81. The van der Waals surface area contributed by atoms with Gasteiger partial charge in [0.2, 0.25) is 0 Å². The molecule has 1 aromatic carbocycles. The highest BCUT2D eigenvalue weighted by Gasteiger charge is 2.42. The topological polar surface area (TPSA) is 79.8 Å². The smallest absolute Gasteiger partial charge is 0.191 e. The lowest BCUT2D eigenvalue weighted by atomic mass is 9.99. The highest BCUT2D eigenvalue weighted by Crippen LogP contribution is 2.28. The van der Waals surface area contributed by atoms with Crippen LogP contribution in [-0.4, -0.2) is 58.7 Å². The molecule has 27 heavy (non-hydrogen) atoms. The number of nitrogens with zero attached hydrogens (tertiary/aromatic N) is 1. The summed E-state index contributed by atoms with van der Waals surface area (Å²) >= 11 is 0. The molecule has 1 aliphatic heterocycles. The van der Waals surface area contributed by atoms with Gasteiger partial charge in [-0.2, -0.15) is 0 Å². The summed E-state index contributed by atoms with van der Waals surface area (Å²) < 4.78 is 55.7. The van der Waals surface area contributed by atoms with E-state index in [1.165, 1.54) is 6.26 Å². The molecule has 1 heterocycles. The SMILES string of the molecule is CN=C(NCCc1cc(F)ccc1F)NCC1(S(C)(=O)=O)CCOCC1.I. The molecule has 0 atom stereocenters. The number of nitrogens with one attached hydrogen (secondary N) is 2. The number of guanidine groups is 1. The molecular formula is C17H26F2IN3O3S. The molecule has 2 rings (SSSR count). The molecule has 1 aromatic rings. The summed E-state index contributed by atoms with van der Waals surface area (Å²) in [6.45, 7) is 1.34. The summed E-state index contributed by atoms with van der Waals surface area (Å²) in [6, 6.07) is 3.33. The number of aliphatic imine (C=N–C) groups is 1. The molecule has 1 saturated heterocycles. The van der Waals surface area contributed by atoms with Crippen molar-refractivity contribution in [1.29, 1.82) is 0 Å². The minimum atomic E-state index is -3.28. The second kappa shape index (κ2) is 10.5. The fraction of sp³-hybridized carbons (Fsp3) is 0.588. The van der Waals surface area contributed by atoms with Crippen LogP contribution in [0.4, 0.5) is 8.78 Å². The molecule has 0 unspecified atom stereocenters. The maximum absolute atomic E-state index is 13.6. The van der Waals surface area contributed by atoms with E-state index in [1.807, 2.05) is 0 Å². The van der Waals surface area contributed by atoms with Gasteiger partial charge >= 0.3 is 0 Å². The molecule has 0 amide bonds. The molecule has 0 saturated carbocycles. The molecule has 1 aliphatic rings. The second-order valence-electron chi connectivity index (χ2n) is 6.41. The number of benzene rings is 1. The highest BCUT2D eigenvalue weighted by atomic mass is 127. The van der Waals surface area contributed by atoms with Crippen molar-refractivity contribution in [2.24, 2.45) is 4.99 Å². The van der Waals surface area contributed by atoms with Crippen LogP contribution >= 0.6 is 24.0 Å². The van der Waals surface area contributed by atoms with Crippen molar-refractivity contribution in [3.8, 4) is 0 Å².